The van der Waals surface area contributed by atoms with E-state index in [1.54, 1.807) is 0 Å². The van der Waals surface area contributed by atoms with Gasteiger partial charge in [0.15, 0.2) is 6.34 Å². The molecule has 0 radical (unpaired) electrons. The molecule has 3 nitrogen and oxygen atoms in total. The standard InChI is InChI=1S/C13H25ClN3/c1-3-5-6-10-17(9-4-2)12-15-11-16(13-17)8-7-14/h4,12H,2-3,5-11,13H2,1H3/q+1. The summed E-state index contributed by atoms with van der Waals surface area (Å²) in [5.74, 6) is 0.679. The fraction of sp³-hybridized carbons (Fsp3) is 0.769. The van der Waals surface area contributed by atoms with E-state index in [-0.39, 0.29) is 0 Å². The molecule has 1 aliphatic heterocycles. The summed E-state index contributed by atoms with van der Waals surface area (Å²) < 4.78 is 0.917. The fourth-order valence-corrected chi connectivity index (χ4v) is 2.56. The smallest absolute Gasteiger partial charge is 0.187 e. The monoisotopic (exact) mass is 258 g/mol. The highest BCUT2D eigenvalue weighted by molar-refractivity contribution is 6.18. The zero-order chi connectivity index (χ0) is 12.6. The van der Waals surface area contributed by atoms with Crippen molar-refractivity contribution in [3.8, 4) is 0 Å². The number of alkyl halides is 1. The maximum absolute atomic E-state index is 5.81. The van der Waals surface area contributed by atoms with Gasteiger partial charge in [-0.2, -0.15) is 0 Å². The van der Waals surface area contributed by atoms with Gasteiger partial charge in [-0.1, -0.05) is 19.9 Å². The quantitative estimate of drug-likeness (QED) is 0.283. The van der Waals surface area contributed by atoms with Crippen molar-refractivity contribution in [3.63, 3.8) is 0 Å². The van der Waals surface area contributed by atoms with Crippen LogP contribution in [0.5, 0.6) is 0 Å². The van der Waals surface area contributed by atoms with Crippen molar-refractivity contribution in [2.24, 2.45) is 4.99 Å². The van der Waals surface area contributed by atoms with Crippen LogP contribution in [0.25, 0.3) is 0 Å². The van der Waals surface area contributed by atoms with Crippen molar-refractivity contribution < 1.29 is 4.48 Å². The summed E-state index contributed by atoms with van der Waals surface area (Å²) in [6, 6.07) is 0. The molecule has 17 heavy (non-hydrogen) atoms. The van der Waals surface area contributed by atoms with E-state index in [2.05, 4.69) is 29.7 Å². The van der Waals surface area contributed by atoms with Crippen molar-refractivity contribution in [2.45, 2.75) is 26.2 Å². The molecule has 1 rings (SSSR count). The van der Waals surface area contributed by atoms with Crippen LogP contribution in [0.2, 0.25) is 0 Å². The predicted molar refractivity (Wildman–Crippen MR) is 75.4 cm³/mol. The molecule has 0 amide bonds. The maximum Gasteiger partial charge on any atom is 0.187 e. The van der Waals surface area contributed by atoms with Crippen molar-refractivity contribution in [2.75, 3.05) is 38.9 Å². The highest BCUT2D eigenvalue weighted by Gasteiger charge is 2.29. The highest BCUT2D eigenvalue weighted by atomic mass is 35.5. The second kappa shape index (κ2) is 7.85. The molecule has 1 aliphatic rings. The molecule has 0 N–H and O–H groups in total. The van der Waals surface area contributed by atoms with Crippen LogP contribution in [0.1, 0.15) is 26.2 Å². The van der Waals surface area contributed by atoms with Crippen LogP contribution < -0.4 is 0 Å². The first-order chi connectivity index (χ1) is 8.26. The Hall–Kier alpha value is -0.380. The van der Waals surface area contributed by atoms with Gasteiger partial charge in [0.05, 0.1) is 6.54 Å². The number of halogens is 1. The van der Waals surface area contributed by atoms with E-state index < -0.39 is 0 Å². The molecule has 0 aromatic carbocycles. The van der Waals surface area contributed by atoms with Gasteiger partial charge in [0.1, 0.15) is 19.9 Å². The first-order valence-corrected chi connectivity index (χ1v) is 7.06. The molecule has 0 saturated carbocycles. The summed E-state index contributed by atoms with van der Waals surface area (Å²) in [4.78, 5) is 6.82. The Kier molecular flexibility index (Phi) is 6.78. The van der Waals surface area contributed by atoms with Gasteiger partial charge >= 0.3 is 0 Å². The van der Waals surface area contributed by atoms with E-state index in [0.29, 0.717) is 5.88 Å². The van der Waals surface area contributed by atoms with E-state index in [0.717, 1.165) is 37.5 Å². The van der Waals surface area contributed by atoms with Crippen LogP contribution in [0.15, 0.2) is 17.6 Å². The molecule has 0 saturated heterocycles. The zero-order valence-electron chi connectivity index (χ0n) is 10.9. The second-order valence-corrected chi connectivity index (χ2v) is 5.16. The van der Waals surface area contributed by atoms with E-state index >= 15 is 0 Å². The molecule has 0 spiro atoms. The summed E-state index contributed by atoms with van der Waals surface area (Å²) in [6.07, 6.45) is 7.92. The number of unbranched alkanes of at least 4 members (excludes halogenated alkanes) is 2. The van der Waals surface area contributed by atoms with Gasteiger partial charge in [0.2, 0.25) is 0 Å². The Morgan fingerprint density at radius 3 is 3.00 bits per heavy atom. The zero-order valence-corrected chi connectivity index (χ0v) is 11.7. The van der Waals surface area contributed by atoms with Gasteiger partial charge in [-0.15, -0.1) is 11.6 Å². The van der Waals surface area contributed by atoms with Crippen LogP contribution in [0.4, 0.5) is 0 Å². The lowest BCUT2D eigenvalue weighted by Crippen LogP contribution is -2.57. The molecule has 1 unspecified atom stereocenters. The first-order valence-electron chi connectivity index (χ1n) is 6.52. The molecule has 4 heteroatoms. The van der Waals surface area contributed by atoms with Gasteiger partial charge in [0, 0.05) is 12.4 Å². The summed E-state index contributed by atoms with van der Waals surface area (Å²) in [6.45, 7) is 11.0. The lowest BCUT2D eigenvalue weighted by atomic mass is 10.2. The van der Waals surface area contributed by atoms with Crippen LogP contribution in [0, 0.1) is 0 Å². The minimum atomic E-state index is 0.679. The second-order valence-electron chi connectivity index (χ2n) is 4.78. The Balaban J connectivity index is 2.59. The molecule has 98 valence electrons. The molecule has 1 heterocycles. The average Bonchev–Trinajstić information content (AvgIpc) is 2.30. The predicted octanol–water partition coefficient (Wildman–Crippen LogP) is 2.68. The number of aliphatic imine (C=N–C) groups is 1. The normalized spacial score (nSPS) is 25.1. The largest absolute Gasteiger partial charge is 0.266 e. The molecule has 0 aromatic rings. The third-order valence-corrected chi connectivity index (χ3v) is 3.36. The molecule has 0 fully saturated rings. The van der Waals surface area contributed by atoms with Gasteiger partial charge in [-0.3, -0.25) is 4.48 Å². The summed E-state index contributed by atoms with van der Waals surface area (Å²) in [5.41, 5.74) is 0. The van der Waals surface area contributed by atoms with Crippen LogP contribution >= 0.6 is 11.6 Å². The Bertz CT molecular complexity index is 255. The molecule has 0 bridgehead atoms. The minimum absolute atomic E-state index is 0.679. The van der Waals surface area contributed by atoms with Gasteiger partial charge < -0.3 is 0 Å². The summed E-state index contributed by atoms with van der Waals surface area (Å²) in [7, 11) is 0. The molecular formula is C13H25ClN3+. The topological polar surface area (TPSA) is 15.6 Å². The Morgan fingerprint density at radius 1 is 1.53 bits per heavy atom. The van der Waals surface area contributed by atoms with Gasteiger partial charge in [-0.25, -0.2) is 9.89 Å². The fourth-order valence-electron chi connectivity index (χ4n) is 2.32. The van der Waals surface area contributed by atoms with E-state index in [4.69, 9.17) is 11.6 Å². The first kappa shape index (κ1) is 14.7. The molecule has 0 aliphatic carbocycles. The van der Waals surface area contributed by atoms with Crippen molar-refractivity contribution in [1.29, 1.82) is 0 Å². The minimum Gasteiger partial charge on any atom is -0.266 e. The maximum atomic E-state index is 5.81. The van der Waals surface area contributed by atoms with Gasteiger partial charge in [0.25, 0.3) is 0 Å². The van der Waals surface area contributed by atoms with Crippen molar-refractivity contribution in [1.82, 2.24) is 4.90 Å². The van der Waals surface area contributed by atoms with E-state index in [1.165, 1.54) is 19.3 Å². The van der Waals surface area contributed by atoms with Crippen LogP contribution in [-0.4, -0.2) is 54.6 Å². The summed E-state index contributed by atoms with van der Waals surface area (Å²) in [5, 5.41) is 0. The Labute approximate surface area is 110 Å². The number of hydrogen-bond donors (Lipinski definition) is 0. The third-order valence-electron chi connectivity index (χ3n) is 3.19. The van der Waals surface area contributed by atoms with Crippen LogP contribution in [0.3, 0.4) is 0 Å². The third kappa shape index (κ3) is 4.78. The number of quaternary nitrogens is 1. The van der Waals surface area contributed by atoms with E-state index in [9.17, 15) is 0 Å². The lowest BCUT2D eigenvalue weighted by Gasteiger charge is -2.39. The van der Waals surface area contributed by atoms with Crippen molar-refractivity contribution in [3.05, 3.63) is 12.7 Å². The number of hydrogen-bond acceptors (Lipinski definition) is 2. The number of nitrogens with zero attached hydrogens (tertiary/aromatic N) is 3. The SMILES string of the molecule is C=CC[N+]1(CCCCC)C=NCN(CCCl)C1. The molecule has 1 atom stereocenters. The van der Waals surface area contributed by atoms with Crippen LogP contribution in [-0.2, 0) is 0 Å². The summed E-state index contributed by atoms with van der Waals surface area (Å²) >= 11 is 5.81. The van der Waals surface area contributed by atoms with Crippen molar-refractivity contribution >= 4 is 17.9 Å². The highest BCUT2D eigenvalue weighted by Crippen LogP contribution is 2.14. The lowest BCUT2D eigenvalue weighted by molar-refractivity contribution is -0.843. The van der Waals surface area contributed by atoms with Gasteiger partial charge in [-0.05, 0) is 18.9 Å². The molecular weight excluding hydrogens is 234 g/mol. The molecule has 0 aromatic heterocycles. The average molecular weight is 259 g/mol. The number of rotatable bonds is 8. The Morgan fingerprint density at radius 2 is 2.35 bits per heavy atom. The van der Waals surface area contributed by atoms with E-state index in [1.807, 2.05) is 6.08 Å².